The first-order chi connectivity index (χ1) is 3.41. The Kier molecular flexibility index (Phi) is 4.89. The Morgan fingerprint density at radius 2 is 2.29 bits per heavy atom. The Bertz CT molecular complexity index is 68.5. The molecule has 0 atom stereocenters. The summed E-state index contributed by atoms with van der Waals surface area (Å²) in [6, 6.07) is 0. The van der Waals surface area contributed by atoms with Gasteiger partial charge in [0.1, 0.15) is 6.29 Å². The Labute approximate surface area is 43.0 Å². The van der Waals surface area contributed by atoms with Crippen LogP contribution < -0.4 is 5.73 Å². The number of carbonyl (C=O) groups is 1. The van der Waals surface area contributed by atoms with Crippen LogP contribution in [0.4, 0.5) is 0 Å². The van der Waals surface area contributed by atoms with Crippen LogP contribution in [0, 0.1) is 0 Å². The van der Waals surface area contributed by atoms with Gasteiger partial charge in [-0.25, -0.2) is 0 Å². The van der Waals surface area contributed by atoms with Gasteiger partial charge in [0.2, 0.25) is 0 Å². The number of aldehydes is 1. The summed E-state index contributed by atoms with van der Waals surface area (Å²) in [5, 5.41) is 0. The first-order valence-electron chi connectivity index (χ1n) is 2.22. The fraction of sp³-hybridized carbons (Fsp3) is 0.400. The first-order valence-corrected chi connectivity index (χ1v) is 2.22. The zero-order chi connectivity index (χ0) is 5.54. The van der Waals surface area contributed by atoms with Gasteiger partial charge in [-0.3, -0.25) is 4.79 Å². The number of hydrogen-bond donors (Lipinski definition) is 1. The van der Waals surface area contributed by atoms with Gasteiger partial charge in [0.05, 0.1) is 0 Å². The summed E-state index contributed by atoms with van der Waals surface area (Å²) in [7, 11) is 0. The summed E-state index contributed by atoms with van der Waals surface area (Å²) in [5.41, 5.74) is 5.10. The zero-order valence-electron chi connectivity index (χ0n) is 4.13. The molecular formula is C5H9NO. The summed E-state index contributed by atoms with van der Waals surface area (Å²) < 4.78 is 0. The molecule has 0 spiro atoms. The van der Waals surface area contributed by atoms with Gasteiger partial charge in [0.25, 0.3) is 0 Å². The van der Waals surface area contributed by atoms with Crippen LogP contribution in [0.3, 0.4) is 0 Å². The average Bonchev–Trinajstić information content (AvgIpc) is 1.69. The van der Waals surface area contributed by atoms with E-state index in [0.29, 0.717) is 6.54 Å². The third-order valence-corrected chi connectivity index (χ3v) is 0.548. The number of rotatable bonds is 3. The van der Waals surface area contributed by atoms with Gasteiger partial charge in [-0.1, -0.05) is 6.08 Å². The van der Waals surface area contributed by atoms with Crippen molar-refractivity contribution in [3.8, 4) is 0 Å². The number of nitrogens with two attached hydrogens (primary N) is 1. The van der Waals surface area contributed by atoms with Crippen LogP contribution in [0.5, 0.6) is 0 Å². The van der Waals surface area contributed by atoms with Crippen LogP contribution in [0.1, 0.15) is 6.42 Å². The molecule has 0 amide bonds. The molecule has 0 aliphatic carbocycles. The Hall–Kier alpha value is -0.630. The maximum atomic E-state index is 9.55. The van der Waals surface area contributed by atoms with Crippen molar-refractivity contribution in [2.45, 2.75) is 6.42 Å². The van der Waals surface area contributed by atoms with Gasteiger partial charge in [-0.05, 0) is 19.0 Å². The molecule has 0 unspecified atom stereocenters. The largest absolute Gasteiger partial charge is 0.330 e. The van der Waals surface area contributed by atoms with Gasteiger partial charge >= 0.3 is 0 Å². The van der Waals surface area contributed by atoms with Gasteiger partial charge in [-0.2, -0.15) is 0 Å². The van der Waals surface area contributed by atoms with Crippen LogP contribution in [0.2, 0.25) is 0 Å². The molecule has 0 radical (unpaired) electrons. The van der Waals surface area contributed by atoms with E-state index in [1.807, 2.05) is 0 Å². The van der Waals surface area contributed by atoms with Crippen LogP contribution in [-0.4, -0.2) is 12.8 Å². The number of hydrogen-bond acceptors (Lipinski definition) is 2. The maximum absolute atomic E-state index is 9.55. The van der Waals surface area contributed by atoms with E-state index in [1.165, 1.54) is 6.08 Å². The molecule has 2 N–H and O–H groups in total. The molecule has 0 aromatic rings. The van der Waals surface area contributed by atoms with Crippen molar-refractivity contribution in [3.63, 3.8) is 0 Å². The molecule has 2 heteroatoms. The third-order valence-electron chi connectivity index (χ3n) is 0.548. The lowest BCUT2D eigenvalue weighted by Gasteiger charge is -1.77. The highest BCUT2D eigenvalue weighted by atomic mass is 16.1. The highest BCUT2D eigenvalue weighted by molar-refractivity contribution is 5.64. The van der Waals surface area contributed by atoms with Gasteiger partial charge in [-0.15, -0.1) is 0 Å². The molecule has 0 aromatic heterocycles. The molecule has 0 fully saturated rings. The highest BCUT2D eigenvalue weighted by Gasteiger charge is 1.67. The first kappa shape index (κ1) is 6.37. The predicted molar refractivity (Wildman–Crippen MR) is 28.9 cm³/mol. The average molecular weight is 99.1 g/mol. The lowest BCUT2D eigenvalue weighted by Crippen LogP contribution is -1.94. The summed E-state index contributed by atoms with van der Waals surface area (Å²) >= 11 is 0. The summed E-state index contributed by atoms with van der Waals surface area (Å²) in [6.07, 6.45) is 4.73. The molecule has 0 saturated carbocycles. The minimum absolute atomic E-state index is 0.615. The van der Waals surface area contributed by atoms with E-state index in [4.69, 9.17) is 5.73 Å². The van der Waals surface area contributed by atoms with Crippen molar-refractivity contribution in [2.75, 3.05) is 6.54 Å². The molecule has 0 aromatic carbocycles. The minimum atomic E-state index is 0.615. The predicted octanol–water partition coefficient (Wildman–Crippen LogP) is 0.0903. The second-order valence-electron chi connectivity index (χ2n) is 1.14. The molecule has 2 nitrogen and oxygen atoms in total. The number of allylic oxidation sites excluding steroid dienone is 1. The van der Waals surface area contributed by atoms with Crippen molar-refractivity contribution in [1.82, 2.24) is 0 Å². The van der Waals surface area contributed by atoms with Crippen molar-refractivity contribution >= 4 is 6.29 Å². The fourth-order valence-corrected chi connectivity index (χ4v) is 0.248. The quantitative estimate of drug-likeness (QED) is 0.402. The molecule has 40 valence electrons. The summed E-state index contributed by atoms with van der Waals surface area (Å²) in [4.78, 5) is 9.55. The van der Waals surface area contributed by atoms with Crippen molar-refractivity contribution < 1.29 is 4.79 Å². The molecule has 0 heterocycles. The lowest BCUT2D eigenvalue weighted by molar-refractivity contribution is -0.104. The number of carbonyl (C=O) groups excluding carboxylic acids is 1. The van der Waals surface area contributed by atoms with Crippen LogP contribution in [0.15, 0.2) is 12.2 Å². The molecule has 0 bridgehead atoms. The highest BCUT2D eigenvalue weighted by Crippen LogP contribution is 1.73. The Balaban J connectivity index is 2.92. The third kappa shape index (κ3) is 5.37. The lowest BCUT2D eigenvalue weighted by atomic mass is 10.4. The monoisotopic (exact) mass is 99.1 g/mol. The fourth-order valence-electron chi connectivity index (χ4n) is 0.248. The standard InChI is InChI=1S/C5H9NO/c6-4-2-1-3-5-7/h1,3,5H,2,4,6H2. The van der Waals surface area contributed by atoms with Crippen molar-refractivity contribution in [1.29, 1.82) is 0 Å². The van der Waals surface area contributed by atoms with Crippen LogP contribution in [-0.2, 0) is 4.79 Å². The van der Waals surface area contributed by atoms with E-state index in [0.717, 1.165) is 12.7 Å². The smallest absolute Gasteiger partial charge is 0.142 e. The molecule has 0 saturated heterocycles. The molecule has 0 rings (SSSR count). The van der Waals surface area contributed by atoms with Crippen LogP contribution in [0.25, 0.3) is 0 Å². The van der Waals surface area contributed by atoms with E-state index >= 15 is 0 Å². The van der Waals surface area contributed by atoms with Crippen molar-refractivity contribution in [3.05, 3.63) is 12.2 Å². The van der Waals surface area contributed by atoms with E-state index in [9.17, 15) is 4.79 Å². The second-order valence-corrected chi connectivity index (χ2v) is 1.14. The van der Waals surface area contributed by atoms with Gasteiger partial charge in [0.15, 0.2) is 0 Å². The van der Waals surface area contributed by atoms with E-state index in [1.54, 1.807) is 6.08 Å². The van der Waals surface area contributed by atoms with Gasteiger partial charge < -0.3 is 5.73 Å². The molecule has 0 aliphatic heterocycles. The molecule has 7 heavy (non-hydrogen) atoms. The zero-order valence-corrected chi connectivity index (χ0v) is 4.13. The topological polar surface area (TPSA) is 43.1 Å². The van der Waals surface area contributed by atoms with Crippen LogP contribution >= 0.6 is 0 Å². The van der Waals surface area contributed by atoms with E-state index < -0.39 is 0 Å². The van der Waals surface area contributed by atoms with Gasteiger partial charge in [0, 0.05) is 0 Å². The van der Waals surface area contributed by atoms with Crippen molar-refractivity contribution in [2.24, 2.45) is 5.73 Å². The summed E-state index contributed by atoms with van der Waals surface area (Å²) in [5.74, 6) is 0. The minimum Gasteiger partial charge on any atom is -0.330 e. The normalized spacial score (nSPS) is 9.86. The van der Waals surface area contributed by atoms with E-state index in [2.05, 4.69) is 0 Å². The summed E-state index contributed by atoms with van der Waals surface area (Å²) in [6.45, 7) is 0.615. The Morgan fingerprint density at radius 3 is 2.71 bits per heavy atom. The van der Waals surface area contributed by atoms with E-state index in [-0.39, 0.29) is 0 Å². The molecular weight excluding hydrogens is 90.1 g/mol. The molecule has 0 aliphatic rings. The SMILES string of the molecule is NCCC=CC=O. The second kappa shape index (κ2) is 5.37. The Morgan fingerprint density at radius 1 is 1.57 bits per heavy atom. The maximum Gasteiger partial charge on any atom is 0.142 e.